The third-order valence-corrected chi connectivity index (χ3v) is 4.49. The number of hydrogen-bond acceptors (Lipinski definition) is 5. The lowest BCUT2D eigenvalue weighted by molar-refractivity contribution is 0.103. The van der Waals surface area contributed by atoms with Crippen molar-refractivity contribution in [3.05, 3.63) is 77.1 Å². The Labute approximate surface area is 155 Å². The number of methoxy groups -OCH3 is 1. The number of ether oxygens (including phenoxy) is 2. The average Bonchev–Trinajstić information content (AvgIpc) is 2.81. The van der Waals surface area contributed by atoms with Gasteiger partial charge in [0.25, 0.3) is 0 Å². The molecule has 0 bridgehead atoms. The minimum atomic E-state index is -0.402. The number of carbonyl (C=O) groups excluding carboxylic acids is 1. The zero-order valence-corrected chi connectivity index (χ0v) is 14.6. The number of nitrogen functional groups attached to an aromatic ring is 1. The van der Waals surface area contributed by atoms with E-state index < -0.39 is 5.82 Å². The molecule has 0 atom stereocenters. The lowest BCUT2D eigenvalue weighted by atomic mass is 9.98. The Bertz CT molecular complexity index is 1050. The third kappa shape index (κ3) is 3.06. The van der Waals surface area contributed by atoms with E-state index in [2.05, 4.69) is 5.32 Å². The summed E-state index contributed by atoms with van der Waals surface area (Å²) in [5.74, 6) is 0.555. The molecule has 0 amide bonds. The first-order valence-corrected chi connectivity index (χ1v) is 8.36. The first-order valence-electron chi connectivity index (χ1n) is 8.36. The minimum absolute atomic E-state index is 0.121. The molecular formula is C21H17FN2O3. The highest BCUT2D eigenvalue weighted by atomic mass is 19.1. The van der Waals surface area contributed by atoms with Gasteiger partial charge >= 0.3 is 0 Å². The van der Waals surface area contributed by atoms with Crippen molar-refractivity contribution in [3.8, 4) is 11.5 Å². The fourth-order valence-corrected chi connectivity index (χ4v) is 3.12. The molecule has 3 aromatic carbocycles. The number of benzene rings is 3. The van der Waals surface area contributed by atoms with Gasteiger partial charge in [-0.15, -0.1) is 0 Å². The van der Waals surface area contributed by atoms with Gasteiger partial charge in [0.05, 0.1) is 24.0 Å². The molecule has 4 rings (SSSR count). The van der Waals surface area contributed by atoms with Crippen LogP contribution in [-0.2, 0) is 6.61 Å². The smallest absolute Gasteiger partial charge is 0.197 e. The van der Waals surface area contributed by atoms with E-state index >= 15 is 0 Å². The number of nitrogens with two attached hydrogens (primary N) is 1. The van der Waals surface area contributed by atoms with E-state index in [-0.39, 0.29) is 12.4 Å². The largest absolute Gasteiger partial charge is 0.496 e. The number of rotatable bonds is 3. The highest BCUT2D eigenvalue weighted by Gasteiger charge is 2.24. The lowest BCUT2D eigenvalue weighted by Gasteiger charge is -2.12. The van der Waals surface area contributed by atoms with Gasteiger partial charge in [0.2, 0.25) is 0 Å². The maximum absolute atomic E-state index is 13.2. The van der Waals surface area contributed by atoms with Crippen molar-refractivity contribution < 1.29 is 18.7 Å². The summed E-state index contributed by atoms with van der Waals surface area (Å²) in [5.41, 5.74) is 9.14. The fourth-order valence-electron chi connectivity index (χ4n) is 3.12. The molecule has 3 aromatic rings. The first kappa shape index (κ1) is 16.9. The Kier molecular flexibility index (Phi) is 4.16. The maximum atomic E-state index is 13.2. The lowest BCUT2D eigenvalue weighted by Crippen LogP contribution is -2.04. The van der Waals surface area contributed by atoms with Crippen LogP contribution in [0.25, 0.3) is 0 Å². The van der Waals surface area contributed by atoms with E-state index in [9.17, 15) is 9.18 Å². The molecule has 3 N–H and O–H groups in total. The van der Waals surface area contributed by atoms with Crippen LogP contribution in [0, 0.1) is 5.82 Å². The van der Waals surface area contributed by atoms with Crippen LogP contribution >= 0.6 is 0 Å². The number of hydrogen-bond donors (Lipinski definition) is 2. The summed E-state index contributed by atoms with van der Waals surface area (Å²) in [5, 5.41) is 3.12. The van der Waals surface area contributed by atoms with Crippen molar-refractivity contribution >= 4 is 22.8 Å². The van der Waals surface area contributed by atoms with Crippen molar-refractivity contribution in [1.82, 2.24) is 0 Å². The summed E-state index contributed by atoms with van der Waals surface area (Å²) in [4.78, 5) is 12.9. The van der Waals surface area contributed by atoms with Crippen molar-refractivity contribution in [2.24, 2.45) is 0 Å². The van der Waals surface area contributed by atoms with Crippen molar-refractivity contribution in [3.63, 3.8) is 0 Å². The summed E-state index contributed by atoms with van der Waals surface area (Å²) in [6.07, 6.45) is 0. The maximum Gasteiger partial charge on any atom is 0.197 e. The summed E-state index contributed by atoms with van der Waals surface area (Å²) < 4.78 is 24.5. The molecule has 0 aliphatic carbocycles. The normalized spacial score (nSPS) is 12.4. The van der Waals surface area contributed by atoms with E-state index in [0.717, 1.165) is 5.56 Å². The molecule has 0 radical (unpaired) electrons. The van der Waals surface area contributed by atoms with Crippen molar-refractivity contribution in [2.45, 2.75) is 6.61 Å². The molecule has 27 heavy (non-hydrogen) atoms. The molecule has 1 aliphatic rings. The molecule has 0 saturated carbocycles. The van der Waals surface area contributed by atoms with Gasteiger partial charge in [0, 0.05) is 22.9 Å². The van der Waals surface area contributed by atoms with Crippen molar-refractivity contribution in [2.75, 3.05) is 18.2 Å². The van der Waals surface area contributed by atoms with Crippen LogP contribution in [-0.4, -0.2) is 12.9 Å². The second kappa shape index (κ2) is 6.64. The molecule has 1 aliphatic heterocycles. The number of anilines is 3. The molecule has 1 heterocycles. The van der Waals surface area contributed by atoms with Crippen LogP contribution in [0.15, 0.2) is 54.6 Å². The molecule has 0 aromatic heterocycles. The molecule has 5 nitrogen and oxygen atoms in total. The second-order valence-corrected chi connectivity index (χ2v) is 6.17. The van der Waals surface area contributed by atoms with Crippen LogP contribution in [0.5, 0.6) is 11.5 Å². The Morgan fingerprint density at radius 1 is 1.11 bits per heavy atom. The van der Waals surface area contributed by atoms with Crippen molar-refractivity contribution in [1.29, 1.82) is 0 Å². The number of nitrogens with one attached hydrogen (secondary N) is 1. The Morgan fingerprint density at radius 3 is 2.74 bits per heavy atom. The van der Waals surface area contributed by atoms with Crippen LogP contribution < -0.4 is 20.5 Å². The molecule has 136 valence electrons. The van der Waals surface area contributed by atoms with Gasteiger partial charge in [-0.2, -0.15) is 0 Å². The topological polar surface area (TPSA) is 73.6 Å². The summed E-state index contributed by atoms with van der Waals surface area (Å²) in [6, 6.07) is 14.7. The molecule has 0 fully saturated rings. The van der Waals surface area contributed by atoms with Gasteiger partial charge < -0.3 is 20.5 Å². The van der Waals surface area contributed by atoms with E-state index in [0.29, 0.717) is 39.7 Å². The molecule has 0 spiro atoms. The summed E-state index contributed by atoms with van der Waals surface area (Å²) in [6.45, 7) is 0.222. The van der Waals surface area contributed by atoms with Crippen LogP contribution in [0.4, 0.5) is 21.5 Å². The number of carbonyl (C=O) groups is 1. The van der Waals surface area contributed by atoms with Crippen LogP contribution in [0.3, 0.4) is 0 Å². The molecule has 6 heteroatoms. The van der Waals surface area contributed by atoms with E-state index in [1.807, 2.05) is 0 Å². The predicted molar refractivity (Wildman–Crippen MR) is 101 cm³/mol. The Hall–Kier alpha value is -3.54. The Balaban J connectivity index is 1.69. The van der Waals surface area contributed by atoms with Crippen LogP contribution in [0.1, 0.15) is 21.5 Å². The summed E-state index contributed by atoms with van der Waals surface area (Å²) in [7, 11) is 1.56. The minimum Gasteiger partial charge on any atom is -0.496 e. The van der Waals surface area contributed by atoms with E-state index in [4.69, 9.17) is 15.2 Å². The van der Waals surface area contributed by atoms with Gasteiger partial charge in [-0.25, -0.2) is 4.39 Å². The summed E-state index contributed by atoms with van der Waals surface area (Å²) >= 11 is 0. The molecule has 0 saturated heterocycles. The fraction of sp³-hybridized carbons (Fsp3) is 0.0952. The molecular weight excluding hydrogens is 347 g/mol. The van der Waals surface area contributed by atoms with Gasteiger partial charge in [-0.05, 0) is 36.4 Å². The van der Waals surface area contributed by atoms with Gasteiger partial charge in [0.1, 0.15) is 23.9 Å². The SMILES string of the molecule is COc1cccc2c1COc1cc(Nc3ccc(F)cc3N)ccc1C2=O. The monoisotopic (exact) mass is 364 g/mol. The highest BCUT2D eigenvalue weighted by Crippen LogP contribution is 2.35. The van der Waals surface area contributed by atoms with E-state index in [1.165, 1.54) is 12.1 Å². The molecule has 0 unspecified atom stereocenters. The zero-order chi connectivity index (χ0) is 19.0. The van der Waals surface area contributed by atoms with Crippen LogP contribution in [0.2, 0.25) is 0 Å². The number of ketones is 1. The van der Waals surface area contributed by atoms with Gasteiger partial charge in [-0.3, -0.25) is 4.79 Å². The quantitative estimate of drug-likeness (QED) is 0.679. The first-order chi connectivity index (χ1) is 13.1. The zero-order valence-electron chi connectivity index (χ0n) is 14.6. The van der Waals surface area contributed by atoms with E-state index in [1.54, 1.807) is 49.6 Å². The second-order valence-electron chi connectivity index (χ2n) is 6.17. The number of halogens is 1. The highest BCUT2D eigenvalue weighted by molar-refractivity contribution is 6.12. The standard InChI is InChI=1S/C21H17FN2O3/c1-26-19-4-2-3-14-16(19)11-27-20-10-13(6-7-15(20)21(14)25)24-18-8-5-12(22)9-17(18)23/h2-10,24H,11,23H2,1H3. The average molecular weight is 364 g/mol. The third-order valence-electron chi connectivity index (χ3n) is 4.49. The predicted octanol–water partition coefficient (Wildman–Crippen LogP) is 4.28. The Morgan fingerprint density at radius 2 is 1.96 bits per heavy atom. The van der Waals surface area contributed by atoms with Gasteiger partial charge in [-0.1, -0.05) is 12.1 Å². The van der Waals surface area contributed by atoms with Gasteiger partial charge in [0.15, 0.2) is 5.78 Å². The number of fused-ring (bicyclic) bond motifs is 2.